The highest BCUT2D eigenvalue weighted by atomic mass is 16.4. The maximum Gasteiger partial charge on any atom is 0.0739 e. The van der Waals surface area contributed by atoms with Gasteiger partial charge in [0.1, 0.15) is 0 Å². The summed E-state index contributed by atoms with van der Waals surface area (Å²) in [6.07, 6.45) is 5.47. The van der Waals surface area contributed by atoms with Gasteiger partial charge in [-0.3, -0.25) is 0 Å². The van der Waals surface area contributed by atoms with Gasteiger partial charge < -0.3 is 5.21 Å². The number of hydrogen-bond acceptors (Lipinski definition) is 2. The molecule has 0 saturated heterocycles. The summed E-state index contributed by atoms with van der Waals surface area (Å²) in [5, 5.41) is 11.6. The van der Waals surface area contributed by atoms with Crippen molar-refractivity contribution in [3.05, 3.63) is 71.3 Å². The van der Waals surface area contributed by atoms with Crippen LogP contribution in [-0.4, -0.2) is 11.4 Å². The number of hydrogen-bond donors (Lipinski definition) is 1. The first-order valence-electron chi connectivity index (χ1n) is 5.40. The summed E-state index contributed by atoms with van der Waals surface area (Å²) in [5.74, 6) is 0. The van der Waals surface area contributed by atoms with Crippen LogP contribution in [0.15, 0.2) is 59.8 Å². The van der Waals surface area contributed by atoms with Crippen molar-refractivity contribution in [3.63, 3.8) is 0 Å². The van der Waals surface area contributed by atoms with E-state index in [9.17, 15) is 0 Å². The zero-order valence-electron chi connectivity index (χ0n) is 9.32. The molecule has 0 radical (unpaired) electrons. The van der Waals surface area contributed by atoms with E-state index < -0.39 is 0 Å². The van der Waals surface area contributed by atoms with Crippen molar-refractivity contribution in [1.29, 1.82) is 0 Å². The smallest absolute Gasteiger partial charge is 0.0739 e. The first-order chi connectivity index (χ1) is 8.40. The second-order valence-electron chi connectivity index (χ2n) is 3.62. The topological polar surface area (TPSA) is 32.6 Å². The van der Waals surface area contributed by atoms with E-state index in [0.29, 0.717) is 0 Å². The third-order valence-electron chi connectivity index (χ3n) is 2.45. The predicted octanol–water partition coefficient (Wildman–Crippen LogP) is 3.67. The van der Waals surface area contributed by atoms with Crippen molar-refractivity contribution >= 4 is 18.4 Å². The molecule has 0 bridgehead atoms. The molecule has 2 aromatic rings. The summed E-state index contributed by atoms with van der Waals surface area (Å²) in [6.45, 7) is 0. The molecule has 0 amide bonds. The van der Waals surface area contributed by atoms with Crippen molar-refractivity contribution in [2.45, 2.75) is 0 Å². The highest BCUT2D eigenvalue weighted by Gasteiger charge is 1.94. The largest absolute Gasteiger partial charge is 0.411 e. The van der Waals surface area contributed by atoms with Gasteiger partial charge in [-0.05, 0) is 11.1 Å². The van der Waals surface area contributed by atoms with Gasteiger partial charge in [0.05, 0.1) is 6.21 Å². The number of nitrogens with zero attached hydrogens (tertiary/aromatic N) is 1. The second kappa shape index (κ2) is 5.66. The van der Waals surface area contributed by atoms with Gasteiger partial charge in [0.2, 0.25) is 0 Å². The quantitative estimate of drug-likeness (QED) is 0.366. The first kappa shape index (κ1) is 11.1. The van der Waals surface area contributed by atoms with E-state index in [1.54, 1.807) is 0 Å². The molecule has 0 atom stereocenters. The van der Waals surface area contributed by atoms with Gasteiger partial charge in [-0.15, -0.1) is 0 Å². The molecular formula is C15H13NO. The first-order valence-corrected chi connectivity index (χ1v) is 5.40. The summed E-state index contributed by atoms with van der Waals surface area (Å²) >= 11 is 0. The van der Waals surface area contributed by atoms with Crippen LogP contribution in [0.2, 0.25) is 0 Å². The van der Waals surface area contributed by atoms with Crippen LogP contribution in [0.3, 0.4) is 0 Å². The molecular weight excluding hydrogens is 210 g/mol. The van der Waals surface area contributed by atoms with Gasteiger partial charge in [-0.2, -0.15) is 0 Å². The van der Waals surface area contributed by atoms with E-state index >= 15 is 0 Å². The van der Waals surface area contributed by atoms with Crippen molar-refractivity contribution in [1.82, 2.24) is 0 Å². The molecule has 0 aromatic heterocycles. The lowest BCUT2D eigenvalue weighted by atomic mass is 10.1. The molecule has 0 saturated carbocycles. The zero-order valence-corrected chi connectivity index (χ0v) is 9.32. The molecule has 0 aliphatic heterocycles. The third-order valence-corrected chi connectivity index (χ3v) is 2.45. The normalized spacial score (nSPS) is 11.3. The van der Waals surface area contributed by atoms with Crippen LogP contribution >= 0.6 is 0 Å². The number of oxime groups is 1. The standard InChI is InChI=1S/C15H13NO/c17-16-12-15-9-5-4-8-14(15)11-10-13-6-2-1-3-7-13/h1-12,17H/b11-10+,16-12+. The van der Waals surface area contributed by atoms with Crippen molar-refractivity contribution in [2.75, 3.05) is 0 Å². The molecule has 17 heavy (non-hydrogen) atoms. The Hall–Kier alpha value is -2.35. The van der Waals surface area contributed by atoms with E-state index in [-0.39, 0.29) is 0 Å². The molecule has 0 spiro atoms. The van der Waals surface area contributed by atoms with Crippen LogP contribution in [0, 0.1) is 0 Å². The Morgan fingerprint density at radius 3 is 2.12 bits per heavy atom. The SMILES string of the molecule is O/N=C/c1ccccc1/C=C/c1ccccc1. The average molecular weight is 223 g/mol. The van der Waals surface area contributed by atoms with Crippen LogP contribution in [0.25, 0.3) is 12.2 Å². The summed E-state index contributed by atoms with van der Waals surface area (Å²) in [4.78, 5) is 0. The molecule has 2 nitrogen and oxygen atoms in total. The zero-order chi connectivity index (χ0) is 11.9. The summed E-state index contributed by atoms with van der Waals surface area (Å²) in [7, 11) is 0. The Balaban J connectivity index is 2.27. The van der Waals surface area contributed by atoms with Gasteiger partial charge in [0.15, 0.2) is 0 Å². The van der Waals surface area contributed by atoms with Crippen molar-refractivity contribution < 1.29 is 5.21 Å². The lowest BCUT2D eigenvalue weighted by Gasteiger charge is -1.98. The van der Waals surface area contributed by atoms with E-state index in [2.05, 4.69) is 5.16 Å². The van der Waals surface area contributed by atoms with Crippen molar-refractivity contribution in [2.24, 2.45) is 5.16 Å². The molecule has 84 valence electrons. The van der Waals surface area contributed by atoms with E-state index in [1.807, 2.05) is 66.7 Å². The van der Waals surface area contributed by atoms with Gasteiger partial charge in [0.25, 0.3) is 0 Å². The third kappa shape index (κ3) is 3.05. The lowest BCUT2D eigenvalue weighted by Crippen LogP contribution is -1.85. The molecule has 2 rings (SSSR count). The Kier molecular flexibility index (Phi) is 3.71. The number of benzene rings is 2. The van der Waals surface area contributed by atoms with E-state index in [4.69, 9.17) is 5.21 Å². The van der Waals surface area contributed by atoms with Crippen LogP contribution < -0.4 is 0 Å². The molecule has 0 aliphatic rings. The Bertz CT molecular complexity index is 530. The van der Waals surface area contributed by atoms with Gasteiger partial charge >= 0.3 is 0 Å². The minimum atomic E-state index is 0.891. The molecule has 0 aliphatic carbocycles. The van der Waals surface area contributed by atoms with E-state index in [1.165, 1.54) is 6.21 Å². The molecule has 0 fully saturated rings. The van der Waals surface area contributed by atoms with Crippen LogP contribution in [-0.2, 0) is 0 Å². The minimum Gasteiger partial charge on any atom is -0.411 e. The maximum absolute atomic E-state index is 8.57. The summed E-state index contributed by atoms with van der Waals surface area (Å²) in [5.41, 5.74) is 3.06. The number of rotatable bonds is 3. The Morgan fingerprint density at radius 1 is 0.765 bits per heavy atom. The van der Waals surface area contributed by atoms with E-state index in [0.717, 1.165) is 16.7 Å². The highest BCUT2D eigenvalue weighted by Crippen LogP contribution is 2.11. The predicted molar refractivity (Wildman–Crippen MR) is 71.2 cm³/mol. The minimum absolute atomic E-state index is 0.891. The average Bonchev–Trinajstić information content (AvgIpc) is 2.39. The van der Waals surface area contributed by atoms with Crippen LogP contribution in [0.1, 0.15) is 16.7 Å². The Morgan fingerprint density at radius 2 is 1.41 bits per heavy atom. The summed E-state index contributed by atoms with van der Waals surface area (Å²) < 4.78 is 0. The summed E-state index contributed by atoms with van der Waals surface area (Å²) in [6, 6.07) is 17.8. The second-order valence-corrected chi connectivity index (χ2v) is 3.62. The monoisotopic (exact) mass is 223 g/mol. The fourth-order valence-corrected chi connectivity index (χ4v) is 1.59. The molecule has 0 heterocycles. The fraction of sp³-hybridized carbons (Fsp3) is 0. The fourth-order valence-electron chi connectivity index (χ4n) is 1.59. The molecule has 0 unspecified atom stereocenters. The maximum atomic E-state index is 8.57. The molecule has 2 aromatic carbocycles. The van der Waals surface area contributed by atoms with Gasteiger partial charge in [-0.1, -0.05) is 71.9 Å². The van der Waals surface area contributed by atoms with Gasteiger partial charge in [0, 0.05) is 5.56 Å². The molecule has 2 heteroatoms. The molecule has 1 N–H and O–H groups in total. The lowest BCUT2D eigenvalue weighted by molar-refractivity contribution is 0.322. The highest BCUT2D eigenvalue weighted by molar-refractivity contribution is 5.87. The Labute approximate surface area is 101 Å². The van der Waals surface area contributed by atoms with Crippen molar-refractivity contribution in [3.8, 4) is 0 Å². The van der Waals surface area contributed by atoms with Crippen LogP contribution in [0.4, 0.5) is 0 Å². The van der Waals surface area contributed by atoms with Gasteiger partial charge in [-0.25, -0.2) is 0 Å². The van der Waals surface area contributed by atoms with Crippen LogP contribution in [0.5, 0.6) is 0 Å².